The van der Waals surface area contributed by atoms with Crippen molar-refractivity contribution < 1.29 is 13.2 Å². The first kappa shape index (κ1) is 25.8. The molecule has 2 aromatic heterocycles. The van der Waals surface area contributed by atoms with Crippen LogP contribution in [0, 0.1) is 0 Å². The van der Waals surface area contributed by atoms with Gasteiger partial charge in [-0.15, -0.1) is 0 Å². The summed E-state index contributed by atoms with van der Waals surface area (Å²) in [6, 6.07) is 22.4. The van der Waals surface area contributed by atoms with E-state index in [-0.39, 0.29) is 0 Å². The zero-order valence-corrected chi connectivity index (χ0v) is 22.7. The number of methoxy groups -OCH3 is 1. The maximum Gasteiger partial charge on any atom is 0.229 e. The lowest BCUT2D eigenvalue weighted by atomic mass is 10.2. The monoisotopic (exact) mass is 544 g/mol. The highest BCUT2D eigenvalue weighted by atomic mass is 32.2. The van der Waals surface area contributed by atoms with Crippen molar-refractivity contribution in [1.29, 1.82) is 0 Å². The maximum atomic E-state index is 11.4. The van der Waals surface area contributed by atoms with E-state index in [2.05, 4.69) is 25.3 Å². The van der Waals surface area contributed by atoms with E-state index in [0.29, 0.717) is 17.5 Å². The molecule has 5 aromatic rings. The third-order valence-corrected chi connectivity index (χ3v) is 6.63. The average Bonchev–Trinajstić information content (AvgIpc) is 3.23. The summed E-state index contributed by atoms with van der Waals surface area (Å²) in [7, 11) is 2.20. The molecule has 0 saturated carbocycles. The van der Waals surface area contributed by atoms with Crippen LogP contribution < -0.4 is 25.0 Å². The van der Waals surface area contributed by atoms with E-state index in [4.69, 9.17) is 9.72 Å². The standard InChI is InChI=1S/C27H28N8O3S/c1-34(25-15-16-28-26(32-25)29-18-5-7-20(8-6-18)33-39(4,36)37)21-11-14-24-23(17-21)31-27(35(24)2)30-19-9-12-22(38-3)13-10-19/h5-17,33H,1-4H3,(H,30,31)(H,28,29,32). The van der Waals surface area contributed by atoms with Crippen molar-refractivity contribution in [2.45, 2.75) is 0 Å². The Morgan fingerprint density at radius 1 is 0.872 bits per heavy atom. The van der Waals surface area contributed by atoms with Crippen molar-refractivity contribution in [2.24, 2.45) is 7.05 Å². The Morgan fingerprint density at radius 3 is 2.23 bits per heavy atom. The van der Waals surface area contributed by atoms with Crippen molar-refractivity contribution in [3.05, 3.63) is 79.0 Å². The predicted octanol–water partition coefficient (Wildman–Crippen LogP) is 5.00. The molecule has 0 atom stereocenters. The normalized spacial score (nSPS) is 11.3. The smallest absolute Gasteiger partial charge is 0.229 e. The van der Waals surface area contributed by atoms with Gasteiger partial charge < -0.3 is 24.8 Å². The molecule has 11 nitrogen and oxygen atoms in total. The molecule has 0 radical (unpaired) electrons. The van der Waals surface area contributed by atoms with Crippen LogP contribution in [0.15, 0.2) is 79.0 Å². The summed E-state index contributed by atoms with van der Waals surface area (Å²) >= 11 is 0. The second-order valence-corrected chi connectivity index (χ2v) is 10.6. The van der Waals surface area contributed by atoms with Gasteiger partial charge in [0.1, 0.15) is 11.6 Å². The summed E-state index contributed by atoms with van der Waals surface area (Å²) in [6.07, 6.45) is 2.79. The van der Waals surface area contributed by atoms with Crippen molar-refractivity contribution in [1.82, 2.24) is 19.5 Å². The van der Waals surface area contributed by atoms with Gasteiger partial charge in [0.2, 0.25) is 21.9 Å². The average molecular weight is 545 g/mol. The molecule has 0 spiro atoms. The van der Waals surface area contributed by atoms with Crippen LogP contribution in [-0.2, 0) is 17.1 Å². The number of benzene rings is 3. The molecule has 2 heterocycles. The lowest BCUT2D eigenvalue weighted by Crippen LogP contribution is -2.12. The topological polar surface area (TPSA) is 126 Å². The summed E-state index contributed by atoms with van der Waals surface area (Å²) in [5.74, 6) is 2.62. The molecular formula is C27H28N8O3S. The van der Waals surface area contributed by atoms with E-state index in [9.17, 15) is 8.42 Å². The van der Waals surface area contributed by atoms with E-state index in [1.54, 1.807) is 37.6 Å². The maximum absolute atomic E-state index is 11.4. The van der Waals surface area contributed by atoms with Gasteiger partial charge in [-0.1, -0.05) is 0 Å². The number of aromatic nitrogens is 4. The minimum Gasteiger partial charge on any atom is -0.497 e. The lowest BCUT2D eigenvalue weighted by molar-refractivity contribution is 0.415. The Bertz CT molecular complexity index is 1720. The van der Waals surface area contributed by atoms with Crippen LogP contribution >= 0.6 is 0 Å². The Hall–Kier alpha value is -4.84. The van der Waals surface area contributed by atoms with Crippen LogP contribution in [0.2, 0.25) is 0 Å². The summed E-state index contributed by atoms with van der Waals surface area (Å²) < 4.78 is 32.5. The molecule has 39 heavy (non-hydrogen) atoms. The number of hydrogen-bond acceptors (Lipinski definition) is 9. The molecule has 0 amide bonds. The van der Waals surface area contributed by atoms with Gasteiger partial charge in [-0.2, -0.15) is 4.98 Å². The largest absolute Gasteiger partial charge is 0.497 e. The van der Waals surface area contributed by atoms with Crippen molar-refractivity contribution >= 4 is 61.5 Å². The van der Waals surface area contributed by atoms with Gasteiger partial charge in [0.25, 0.3) is 0 Å². The van der Waals surface area contributed by atoms with Crippen LogP contribution in [-0.4, -0.2) is 48.4 Å². The van der Waals surface area contributed by atoms with Gasteiger partial charge in [0.05, 0.1) is 24.4 Å². The van der Waals surface area contributed by atoms with Gasteiger partial charge in [-0.3, -0.25) is 4.72 Å². The van der Waals surface area contributed by atoms with Gasteiger partial charge in [-0.25, -0.2) is 18.4 Å². The lowest BCUT2D eigenvalue weighted by Gasteiger charge is -2.19. The highest BCUT2D eigenvalue weighted by Gasteiger charge is 2.13. The second-order valence-electron chi connectivity index (χ2n) is 8.89. The number of sulfonamides is 1. The third kappa shape index (κ3) is 6.02. The number of nitrogens with one attached hydrogen (secondary N) is 3. The van der Waals surface area contributed by atoms with Crippen LogP contribution in [0.4, 0.5) is 40.5 Å². The number of fused-ring (bicyclic) bond motifs is 1. The summed E-state index contributed by atoms with van der Waals surface area (Å²) in [5.41, 5.74) is 4.85. The first-order chi connectivity index (χ1) is 18.7. The minimum absolute atomic E-state index is 0.410. The molecule has 0 aliphatic heterocycles. The first-order valence-electron chi connectivity index (χ1n) is 12.0. The fraction of sp³-hybridized carbons (Fsp3) is 0.148. The van der Waals surface area contributed by atoms with Crippen molar-refractivity contribution in [2.75, 3.05) is 40.7 Å². The predicted molar refractivity (Wildman–Crippen MR) is 155 cm³/mol. The Morgan fingerprint density at radius 2 is 1.54 bits per heavy atom. The Kier molecular flexibility index (Phi) is 6.94. The van der Waals surface area contributed by atoms with E-state index in [0.717, 1.165) is 46.0 Å². The number of rotatable bonds is 9. The van der Waals surface area contributed by atoms with E-state index in [1.165, 1.54) is 0 Å². The molecule has 5 rings (SSSR count). The SMILES string of the molecule is COc1ccc(Nc2nc3cc(N(C)c4ccnc(Nc5ccc(NS(C)(=O)=O)cc5)n4)ccc3n2C)cc1. The zero-order valence-electron chi connectivity index (χ0n) is 21.9. The molecule has 0 aliphatic rings. The fourth-order valence-corrected chi connectivity index (χ4v) is 4.57. The van der Waals surface area contributed by atoms with E-state index >= 15 is 0 Å². The molecule has 12 heteroatoms. The Balaban J connectivity index is 1.33. The highest BCUT2D eigenvalue weighted by Crippen LogP contribution is 2.29. The second kappa shape index (κ2) is 10.5. The zero-order chi connectivity index (χ0) is 27.6. The summed E-state index contributed by atoms with van der Waals surface area (Å²) in [6.45, 7) is 0. The minimum atomic E-state index is -3.34. The number of anilines is 7. The number of hydrogen-bond donors (Lipinski definition) is 3. The molecule has 3 aromatic carbocycles. The third-order valence-electron chi connectivity index (χ3n) is 6.03. The highest BCUT2D eigenvalue weighted by molar-refractivity contribution is 7.92. The number of nitrogens with zero attached hydrogens (tertiary/aromatic N) is 5. The molecule has 0 unspecified atom stereocenters. The van der Waals surface area contributed by atoms with Gasteiger partial charge in [0, 0.05) is 43.0 Å². The number of imidazole rings is 1. The van der Waals surface area contributed by atoms with E-state index in [1.807, 2.05) is 72.1 Å². The molecule has 0 aliphatic carbocycles. The molecule has 0 bridgehead atoms. The quantitative estimate of drug-likeness (QED) is 0.235. The van der Waals surface area contributed by atoms with Crippen LogP contribution in [0.3, 0.4) is 0 Å². The molecule has 3 N–H and O–H groups in total. The van der Waals surface area contributed by atoms with Gasteiger partial charge >= 0.3 is 0 Å². The molecule has 0 fully saturated rings. The van der Waals surface area contributed by atoms with Gasteiger partial charge in [-0.05, 0) is 72.8 Å². The molecular weight excluding hydrogens is 516 g/mol. The van der Waals surface area contributed by atoms with Crippen LogP contribution in [0.1, 0.15) is 0 Å². The first-order valence-corrected chi connectivity index (χ1v) is 13.9. The number of aryl methyl sites for hydroxylation is 1. The fourth-order valence-electron chi connectivity index (χ4n) is 4.01. The summed E-state index contributed by atoms with van der Waals surface area (Å²) in [4.78, 5) is 15.7. The number of ether oxygens (including phenoxy) is 1. The summed E-state index contributed by atoms with van der Waals surface area (Å²) in [5, 5.41) is 6.51. The van der Waals surface area contributed by atoms with E-state index < -0.39 is 10.0 Å². The Labute approximate surface area is 226 Å². The van der Waals surface area contributed by atoms with Crippen molar-refractivity contribution in [3.8, 4) is 5.75 Å². The van der Waals surface area contributed by atoms with Gasteiger partial charge in [0.15, 0.2) is 0 Å². The molecule has 0 saturated heterocycles. The molecule has 200 valence electrons. The van der Waals surface area contributed by atoms with Crippen LogP contribution in [0.25, 0.3) is 11.0 Å². The van der Waals surface area contributed by atoms with Crippen LogP contribution in [0.5, 0.6) is 5.75 Å². The van der Waals surface area contributed by atoms with Crippen molar-refractivity contribution in [3.63, 3.8) is 0 Å².